The zero-order valence-electron chi connectivity index (χ0n) is 14.8. The topological polar surface area (TPSA) is 81.8 Å². The summed E-state index contributed by atoms with van der Waals surface area (Å²) < 4.78 is 0. The van der Waals surface area contributed by atoms with Gasteiger partial charge in [-0.15, -0.1) is 0 Å². The first-order chi connectivity index (χ1) is 12.0. The van der Waals surface area contributed by atoms with Crippen LogP contribution < -0.4 is 10.6 Å². The van der Waals surface area contributed by atoms with E-state index in [4.69, 9.17) is 0 Å². The van der Waals surface area contributed by atoms with Gasteiger partial charge in [-0.3, -0.25) is 9.59 Å². The lowest BCUT2D eigenvalue weighted by molar-refractivity contribution is -0.140. The number of carbonyl (C=O) groups excluding carboxylic acids is 3. The summed E-state index contributed by atoms with van der Waals surface area (Å²) in [7, 11) is 1.55. The van der Waals surface area contributed by atoms with Crippen molar-refractivity contribution in [2.75, 3.05) is 38.5 Å². The number of para-hydroxylation sites is 1. The van der Waals surface area contributed by atoms with E-state index in [9.17, 15) is 14.4 Å². The van der Waals surface area contributed by atoms with Crippen LogP contribution in [0.2, 0.25) is 0 Å². The maximum Gasteiger partial charge on any atom is 0.321 e. The number of benzene rings is 1. The Morgan fingerprint density at radius 3 is 2.60 bits per heavy atom. The molecule has 1 saturated heterocycles. The van der Waals surface area contributed by atoms with Crippen LogP contribution in [0.15, 0.2) is 30.3 Å². The summed E-state index contributed by atoms with van der Waals surface area (Å²) in [6, 6.07) is 9.06. The summed E-state index contributed by atoms with van der Waals surface area (Å²) in [6.45, 7) is 3.38. The number of nitrogens with one attached hydrogen (secondary N) is 2. The van der Waals surface area contributed by atoms with E-state index in [1.807, 2.05) is 37.3 Å². The second kappa shape index (κ2) is 9.05. The molecule has 0 bridgehead atoms. The van der Waals surface area contributed by atoms with Crippen LogP contribution >= 0.6 is 0 Å². The van der Waals surface area contributed by atoms with Gasteiger partial charge in [0.1, 0.15) is 0 Å². The zero-order chi connectivity index (χ0) is 18.2. The van der Waals surface area contributed by atoms with Crippen LogP contribution in [0, 0.1) is 5.92 Å². The predicted octanol–water partition coefficient (Wildman–Crippen LogP) is 1.52. The molecule has 2 N–H and O–H groups in total. The molecule has 0 unspecified atom stereocenters. The van der Waals surface area contributed by atoms with Crippen LogP contribution in [-0.2, 0) is 9.59 Å². The lowest BCUT2D eigenvalue weighted by Gasteiger charge is -2.34. The fourth-order valence-corrected chi connectivity index (χ4v) is 2.94. The van der Waals surface area contributed by atoms with E-state index in [0.29, 0.717) is 19.6 Å². The van der Waals surface area contributed by atoms with Gasteiger partial charge in [0.15, 0.2) is 0 Å². The minimum Gasteiger partial charge on any atom is -0.358 e. The average Bonchev–Trinajstić information content (AvgIpc) is 2.66. The second-order valence-electron chi connectivity index (χ2n) is 6.11. The quantitative estimate of drug-likeness (QED) is 0.848. The van der Waals surface area contributed by atoms with Crippen LogP contribution in [0.3, 0.4) is 0 Å². The normalized spacial score (nSPS) is 16.9. The van der Waals surface area contributed by atoms with Gasteiger partial charge in [-0.2, -0.15) is 0 Å². The summed E-state index contributed by atoms with van der Waals surface area (Å²) >= 11 is 0. The van der Waals surface area contributed by atoms with Crippen molar-refractivity contribution < 1.29 is 14.4 Å². The van der Waals surface area contributed by atoms with Crippen molar-refractivity contribution >= 4 is 23.5 Å². The molecule has 0 aromatic heterocycles. The fraction of sp³-hybridized carbons (Fsp3) is 0.500. The molecule has 0 aliphatic carbocycles. The number of rotatable bonds is 5. The number of urea groups is 1. The number of carbonyl (C=O) groups is 3. The molecule has 1 atom stereocenters. The van der Waals surface area contributed by atoms with E-state index in [-0.39, 0.29) is 30.3 Å². The molecule has 25 heavy (non-hydrogen) atoms. The van der Waals surface area contributed by atoms with Crippen LogP contribution in [0.4, 0.5) is 10.5 Å². The number of likely N-dealkylation sites (N-methyl/N-ethyl adjacent to an activating group) is 2. The summed E-state index contributed by atoms with van der Waals surface area (Å²) in [5, 5.41) is 5.39. The van der Waals surface area contributed by atoms with Crippen LogP contribution in [0.1, 0.15) is 19.8 Å². The van der Waals surface area contributed by atoms with Crippen molar-refractivity contribution in [2.45, 2.75) is 19.8 Å². The Balaban J connectivity index is 1.95. The van der Waals surface area contributed by atoms with Crippen molar-refractivity contribution in [3.63, 3.8) is 0 Å². The first-order valence-corrected chi connectivity index (χ1v) is 8.65. The first kappa shape index (κ1) is 18.8. The Bertz CT molecular complexity index is 606. The van der Waals surface area contributed by atoms with E-state index in [1.54, 1.807) is 16.8 Å². The fourth-order valence-electron chi connectivity index (χ4n) is 2.94. The zero-order valence-corrected chi connectivity index (χ0v) is 14.8. The van der Waals surface area contributed by atoms with Gasteiger partial charge in [-0.25, -0.2) is 4.79 Å². The van der Waals surface area contributed by atoms with Crippen LogP contribution in [-0.4, -0.2) is 60.9 Å². The molecule has 0 spiro atoms. The molecule has 7 nitrogen and oxygen atoms in total. The van der Waals surface area contributed by atoms with Crippen molar-refractivity contribution in [3.05, 3.63) is 30.3 Å². The summed E-state index contributed by atoms with van der Waals surface area (Å²) in [5.41, 5.74) is 0.732. The molecule has 0 radical (unpaired) electrons. The Morgan fingerprint density at radius 2 is 1.96 bits per heavy atom. The number of likely N-dealkylation sites (tertiary alicyclic amines) is 1. The van der Waals surface area contributed by atoms with E-state index in [1.165, 1.54) is 0 Å². The third kappa shape index (κ3) is 5.20. The number of hydrogen-bond donors (Lipinski definition) is 2. The number of hydrogen-bond acceptors (Lipinski definition) is 3. The van der Waals surface area contributed by atoms with E-state index in [0.717, 1.165) is 18.5 Å². The van der Waals surface area contributed by atoms with Gasteiger partial charge in [0.2, 0.25) is 11.8 Å². The number of anilines is 1. The predicted molar refractivity (Wildman–Crippen MR) is 96.1 cm³/mol. The lowest BCUT2D eigenvalue weighted by atomic mass is 9.96. The van der Waals surface area contributed by atoms with Crippen molar-refractivity contribution in [1.82, 2.24) is 15.1 Å². The second-order valence-corrected chi connectivity index (χ2v) is 6.11. The third-order valence-corrected chi connectivity index (χ3v) is 4.39. The Hall–Kier alpha value is -2.57. The summed E-state index contributed by atoms with van der Waals surface area (Å²) in [5.74, 6) is -0.520. The van der Waals surface area contributed by atoms with Gasteiger partial charge in [-0.1, -0.05) is 18.2 Å². The molecule has 7 heteroatoms. The van der Waals surface area contributed by atoms with Crippen molar-refractivity contribution in [3.8, 4) is 0 Å². The standard InChI is InChI=1S/C18H26N4O3/c1-3-21(13-16(23)19-2)17(24)14-8-7-11-22(12-14)18(25)20-15-9-5-4-6-10-15/h4-6,9-10,14H,3,7-8,11-13H2,1-2H3,(H,19,23)(H,20,25)/t14-/m0/s1. The van der Waals surface area contributed by atoms with Crippen molar-refractivity contribution in [1.29, 1.82) is 0 Å². The average molecular weight is 346 g/mol. The van der Waals surface area contributed by atoms with E-state index >= 15 is 0 Å². The molecule has 136 valence electrons. The molecular weight excluding hydrogens is 320 g/mol. The molecule has 1 aliphatic rings. The highest BCUT2D eigenvalue weighted by molar-refractivity contribution is 5.90. The minimum absolute atomic E-state index is 0.0541. The van der Waals surface area contributed by atoms with Gasteiger partial charge in [0, 0.05) is 32.4 Å². The Labute approximate surface area is 148 Å². The molecule has 1 aliphatic heterocycles. The molecule has 1 aromatic rings. The van der Waals surface area contributed by atoms with Crippen LogP contribution in [0.25, 0.3) is 0 Å². The van der Waals surface area contributed by atoms with Crippen LogP contribution in [0.5, 0.6) is 0 Å². The van der Waals surface area contributed by atoms with Gasteiger partial charge < -0.3 is 20.4 Å². The monoisotopic (exact) mass is 346 g/mol. The molecule has 1 heterocycles. The highest BCUT2D eigenvalue weighted by Crippen LogP contribution is 2.20. The SMILES string of the molecule is CCN(CC(=O)NC)C(=O)[C@H]1CCCN(C(=O)Nc2ccccc2)C1. The van der Waals surface area contributed by atoms with Crippen molar-refractivity contribution in [2.24, 2.45) is 5.92 Å². The molecule has 2 rings (SSSR count). The summed E-state index contributed by atoms with van der Waals surface area (Å²) in [6.07, 6.45) is 1.51. The number of amides is 4. The Morgan fingerprint density at radius 1 is 1.24 bits per heavy atom. The number of nitrogens with zero attached hydrogens (tertiary/aromatic N) is 2. The Kier molecular flexibility index (Phi) is 6.80. The number of piperidine rings is 1. The molecule has 0 saturated carbocycles. The highest BCUT2D eigenvalue weighted by Gasteiger charge is 2.31. The molecule has 4 amide bonds. The largest absolute Gasteiger partial charge is 0.358 e. The van der Waals surface area contributed by atoms with Gasteiger partial charge in [0.25, 0.3) is 0 Å². The van der Waals surface area contributed by atoms with E-state index in [2.05, 4.69) is 10.6 Å². The first-order valence-electron chi connectivity index (χ1n) is 8.65. The summed E-state index contributed by atoms with van der Waals surface area (Å²) in [4.78, 5) is 39.9. The minimum atomic E-state index is -0.264. The smallest absolute Gasteiger partial charge is 0.321 e. The van der Waals surface area contributed by atoms with Gasteiger partial charge >= 0.3 is 6.03 Å². The maximum absolute atomic E-state index is 12.7. The van der Waals surface area contributed by atoms with Gasteiger partial charge in [0.05, 0.1) is 12.5 Å². The molecule has 1 fully saturated rings. The maximum atomic E-state index is 12.7. The third-order valence-electron chi connectivity index (χ3n) is 4.39. The lowest BCUT2D eigenvalue weighted by Crippen LogP contribution is -2.49. The van der Waals surface area contributed by atoms with E-state index < -0.39 is 0 Å². The molecule has 1 aromatic carbocycles. The van der Waals surface area contributed by atoms with Gasteiger partial charge in [-0.05, 0) is 31.9 Å². The molecular formula is C18H26N4O3. The highest BCUT2D eigenvalue weighted by atomic mass is 16.2.